The molecule has 0 aliphatic carbocycles. The van der Waals surface area contributed by atoms with Crippen molar-refractivity contribution < 1.29 is 14.3 Å². The highest BCUT2D eigenvalue weighted by Gasteiger charge is 2.04. The molecule has 0 N–H and O–H groups in total. The normalized spacial score (nSPS) is 8.67. The van der Waals surface area contributed by atoms with Crippen molar-refractivity contribution in [2.24, 2.45) is 0 Å². The molecule has 0 aliphatic rings. The van der Waals surface area contributed by atoms with E-state index in [-0.39, 0.29) is 6.61 Å². The number of halogens is 2. The van der Waals surface area contributed by atoms with Gasteiger partial charge in [0, 0.05) is 27.1 Å². The molecule has 0 heterocycles. The van der Waals surface area contributed by atoms with Crippen molar-refractivity contribution in [3.05, 3.63) is 28.7 Å². The largest absolute Gasteiger partial charge is 0.514 e. The van der Waals surface area contributed by atoms with Gasteiger partial charge in [0.05, 0.1) is 0 Å². The van der Waals surface area contributed by atoms with Crippen molar-refractivity contribution in [3.8, 4) is 15.6 Å². The van der Waals surface area contributed by atoms with Gasteiger partial charge in [0.1, 0.15) is 5.75 Å². The average molecular weight is 381 g/mol. The quantitative estimate of drug-likeness (QED) is 0.341. The smallest absolute Gasteiger partial charge is 0.421 e. The summed E-state index contributed by atoms with van der Waals surface area (Å²) in [4.78, 5) is 11.0. The molecule has 0 spiro atoms. The van der Waals surface area contributed by atoms with Crippen LogP contribution in [-0.2, 0) is 4.74 Å². The van der Waals surface area contributed by atoms with Crippen molar-refractivity contribution in [2.75, 3.05) is 6.61 Å². The Morgan fingerprint density at radius 1 is 1.40 bits per heavy atom. The van der Waals surface area contributed by atoms with Gasteiger partial charge in [-0.3, -0.25) is 0 Å². The van der Waals surface area contributed by atoms with E-state index in [2.05, 4.69) is 30.5 Å². The van der Waals surface area contributed by atoms with Crippen molar-refractivity contribution >= 4 is 44.7 Å². The van der Waals surface area contributed by atoms with Gasteiger partial charge in [-0.05, 0) is 28.2 Å². The number of carbonyl (C=O) groups excluding carboxylic acids is 1. The lowest BCUT2D eigenvalue weighted by atomic mass is 10.3. The molecule has 0 unspecified atom stereocenters. The van der Waals surface area contributed by atoms with Crippen LogP contribution in [0.1, 0.15) is 0 Å². The number of ether oxygens (including phenoxy) is 2. The van der Waals surface area contributed by atoms with Gasteiger partial charge >= 0.3 is 6.16 Å². The second-order valence-electron chi connectivity index (χ2n) is 2.37. The van der Waals surface area contributed by atoms with E-state index in [1.807, 2.05) is 22.6 Å². The van der Waals surface area contributed by atoms with Crippen LogP contribution in [0.5, 0.6) is 5.75 Å². The molecule has 0 bridgehead atoms. The fourth-order valence-electron chi connectivity index (χ4n) is 0.751. The summed E-state index contributed by atoms with van der Waals surface area (Å²) in [6.07, 6.45) is -0.753. The van der Waals surface area contributed by atoms with E-state index in [1.165, 1.54) is 0 Å². The topological polar surface area (TPSA) is 35.5 Å². The van der Waals surface area contributed by atoms with Crippen LogP contribution in [0.4, 0.5) is 4.79 Å². The third-order valence-electron chi connectivity index (χ3n) is 1.34. The Morgan fingerprint density at radius 2 is 2.07 bits per heavy atom. The van der Waals surface area contributed by atoms with Gasteiger partial charge < -0.3 is 9.47 Å². The minimum Gasteiger partial charge on any atom is -0.421 e. The maximum Gasteiger partial charge on any atom is 0.514 e. The summed E-state index contributed by atoms with van der Waals surface area (Å²) in [6.45, 7) is 0.0400. The summed E-state index contributed by atoms with van der Waals surface area (Å²) in [5.41, 5.74) is 0. The molecule has 0 fully saturated rings. The molecule has 78 valence electrons. The van der Waals surface area contributed by atoms with E-state index in [9.17, 15) is 4.79 Å². The third kappa shape index (κ3) is 5.04. The van der Waals surface area contributed by atoms with Gasteiger partial charge in [0.25, 0.3) is 0 Å². The maximum absolute atomic E-state index is 11.0. The lowest BCUT2D eigenvalue weighted by molar-refractivity contribution is 0.111. The number of hydrogen-bond acceptors (Lipinski definition) is 3. The Kier molecular flexibility index (Phi) is 5.50. The van der Waals surface area contributed by atoms with Crippen LogP contribution in [-0.4, -0.2) is 12.8 Å². The highest BCUT2D eigenvalue weighted by atomic mass is 127. The molecule has 5 heteroatoms. The Bertz CT molecular complexity index is 391. The zero-order valence-corrected chi connectivity index (χ0v) is 11.2. The van der Waals surface area contributed by atoms with E-state index in [1.54, 1.807) is 24.3 Å². The van der Waals surface area contributed by atoms with E-state index in [0.29, 0.717) is 5.75 Å². The van der Waals surface area contributed by atoms with Gasteiger partial charge in [0.15, 0.2) is 6.61 Å². The molecule has 1 aromatic carbocycles. The monoisotopic (exact) mass is 380 g/mol. The van der Waals surface area contributed by atoms with Crippen LogP contribution in [0.3, 0.4) is 0 Å². The van der Waals surface area contributed by atoms with Crippen LogP contribution in [0, 0.1) is 9.85 Å². The van der Waals surface area contributed by atoms with Gasteiger partial charge in [-0.1, -0.05) is 21.9 Å². The molecular weight excluding hydrogens is 375 g/mol. The highest BCUT2D eigenvalue weighted by Crippen LogP contribution is 2.16. The molecule has 1 rings (SSSR count). The van der Waals surface area contributed by atoms with Gasteiger partial charge in [0.2, 0.25) is 0 Å². The number of benzene rings is 1. The molecule has 15 heavy (non-hydrogen) atoms. The molecule has 3 nitrogen and oxygen atoms in total. The molecule has 1 aromatic rings. The Hall–Kier alpha value is -0.740. The van der Waals surface area contributed by atoms with E-state index in [4.69, 9.17) is 4.74 Å². The average Bonchev–Trinajstić information content (AvgIpc) is 2.22. The summed E-state index contributed by atoms with van der Waals surface area (Å²) in [5.74, 6) is 3.02. The zero-order valence-electron chi connectivity index (χ0n) is 7.50. The zero-order chi connectivity index (χ0) is 11.1. The van der Waals surface area contributed by atoms with Crippen LogP contribution in [0.2, 0.25) is 0 Å². The van der Waals surface area contributed by atoms with Crippen LogP contribution in [0.15, 0.2) is 28.7 Å². The molecule has 0 aliphatic heterocycles. The van der Waals surface area contributed by atoms with Gasteiger partial charge in [-0.2, -0.15) is 0 Å². The summed E-state index contributed by atoms with van der Waals surface area (Å²) < 4.78 is 13.0. The second kappa shape index (κ2) is 6.69. The first-order valence-corrected chi connectivity index (χ1v) is 5.78. The van der Waals surface area contributed by atoms with E-state index >= 15 is 0 Å². The molecular formula is C10H6BrIO3. The first-order valence-electron chi connectivity index (χ1n) is 3.91. The second-order valence-corrected chi connectivity index (χ2v) is 3.82. The fraction of sp³-hybridized carbons (Fsp3) is 0.100. The summed E-state index contributed by atoms with van der Waals surface area (Å²) in [5, 5.41) is 0. The molecule has 0 saturated heterocycles. The number of rotatable bonds is 2. The lowest BCUT2D eigenvalue weighted by Crippen LogP contribution is -2.10. The van der Waals surface area contributed by atoms with Gasteiger partial charge in [-0.25, -0.2) is 4.79 Å². The maximum atomic E-state index is 11.0. The van der Waals surface area contributed by atoms with Crippen molar-refractivity contribution in [1.29, 1.82) is 0 Å². The number of carbonyl (C=O) groups is 1. The van der Waals surface area contributed by atoms with E-state index in [0.717, 1.165) is 4.47 Å². The van der Waals surface area contributed by atoms with Crippen LogP contribution >= 0.6 is 38.5 Å². The van der Waals surface area contributed by atoms with E-state index < -0.39 is 6.16 Å². The first kappa shape index (κ1) is 12.3. The predicted octanol–water partition coefficient (Wildman–Crippen LogP) is 3.36. The molecule has 0 radical (unpaired) electrons. The minimum atomic E-state index is -0.753. The Labute approximate surface area is 109 Å². The fourth-order valence-corrected chi connectivity index (χ4v) is 1.17. The van der Waals surface area contributed by atoms with Crippen molar-refractivity contribution in [1.82, 2.24) is 0 Å². The third-order valence-corrected chi connectivity index (χ3v) is 2.25. The minimum absolute atomic E-state index is 0.0400. The Morgan fingerprint density at radius 3 is 2.67 bits per heavy atom. The summed E-state index contributed by atoms with van der Waals surface area (Å²) in [7, 11) is 0. The van der Waals surface area contributed by atoms with Crippen molar-refractivity contribution in [2.45, 2.75) is 0 Å². The van der Waals surface area contributed by atoms with Gasteiger partial charge in [-0.15, -0.1) is 0 Å². The predicted molar refractivity (Wildman–Crippen MR) is 67.9 cm³/mol. The summed E-state index contributed by atoms with van der Waals surface area (Å²) >= 11 is 5.14. The molecule has 0 aromatic heterocycles. The number of hydrogen-bond donors (Lipinski definition) is 0. The summed E-state index contributed by atoms with van der Waals surface area (Å²) in [6, 6.07) is 6.87. The van der Waals surface area contributed by atoms with Crippen LogP contribution < -0.4 is 4.74 Å². The Balaban J connectivity index is 2.43. The highest BCUT2D eigenvalue weighted by molar-refractivity contribution is 14.1. The molecule has 0 atom stereocenters. The SMILES string of the molecule is O=C(OCC#CI)Oc1ccc(Br)cc1. The first-order chi connectivity index (χ1) is 7.22. The molecule has 0 saturated carbocycles. The van der Waals surface area contributed by atoms with Crippen LogP contribution in [0.25, 0.3) is 0 Å². The molecule has 0 amide bonds. The van der Waals surface area contributed by atoms with Crippen molar-refractivity contribution in [3.63, 3.8) is 0 Å². The lowest BCUT2D eigenvalue weighted by Gasteiger charge is -2.02. The standard InChI is InChI=1S/C10H6BrIO3/c11-8-2-4-9(5-3-8)15-10(13)14-7-1-6-12/h2-5H,7H2.